The lowest BCUT2D eigenvalue weighted by molar-refractivity contribution is 0.309. The van der Waals surface area contributed by atoms with Gasteiger partial charge in [-0.15, -0.1) is 0 Å². The lowest BCUT2D eigenvalue weighted by Gasteiger charge is -2.20. The second-order valence-corrected chi connectivity index (χ2v) is 4.52. The zero-order valence-corrected chi connectivity index (χ0v) is 7.64. The van der Waals surface area contributed by atoms with E-state index in [0.29, 0.717) is 0 Å². The van der Waals surface area contributed by atoms with E-state index in [1.807, 2.05) is 0 Å². The molecular weight excluding hydrogens is 134 g/mol. The summed E-state index contributed by atoms with van der Waals surface area (Å²) >= 11 is 0. The fourth-order valence-electron chi connectivity index (χ4n) is 2.92. The first-order valence-electron chi connectivity index (χ1n) is 5.02. The van der Waals surface area contributed by atoms with E-state index >= 15 is 0 Å². The zero-order chi connectivity index (χ0) is 7.84. The Labute approximate surface area is 69.6 Å². The first-order valence-corrected chi connectivity index (χ1v) is 5.02. The van der Waals surface area contributed by atoms with Gasteiger partial charge < -0.3 is 5.32 Å². The molecule has 64 valence electrons. The lowest BCUT2D eigenvalue weighted by atomic mass is 9.84. The van der Waals surface area contributed by atoms with Gasteiger partial charge in [0.15, 0.2) is 0 Å². The van der Waals surface area contributed by atoms with Crippen LogP contribution in [0.15, 0.2) is 0 Å². The van der Waals surface area contributed by atoms with Gasteiger partial charge in [-0.3, -0.25) is 0 Å². The molecule has 2 rings (SSSR count). The zero-order valence-electron chi connectivity index (χ0n) is 7.64. The fourth-order valence-corrected chi connectivity index (χ4v) is 2.92. The van der Waals surface area contributed by atoms with Crippen LogP contribution in [0, 0.1) is 17.8 Å². The molecule has 2 aliphatic rings. The Morgan fingerprint density at radius 1 is 1.27 bits per heavy atom. The summed E-state index contributed by atoms with van der Waals surface area (Å²) in [4.78, 5) is 0. The summed E-state index contributed by atoms with van der Waals surface area (Å²) in [5.74, 6) is 2.88. The van der Waals surface area contributed by atoms with Gasteiger partial charge in [0.25, 0.3) is 0 Å². The van der Waals surface area contributed by atoms with Crippen LogP contribution in [0.2, 0.25) is 0 Å². The molecule has 0 aromatic rings. The third kappa shape index (κ3) is 1.20. The molecule has 0 aromatic carbocycles. The van der Waals surface area contributed by atoms with Crippen molar-refractivity contribution in [2.75, 3.05) is 6.54 Å². The average Bonchev–Trinajstić information content (AvgIpc) is 2.41. The molecular formula is C10H19N. The van der Waals surface area contributed by atoms with Crippen LogP contribution in [0.4, 0.5) is 0 Å². The minimum atomic E-state index is 0.885. The van der Waals surface area contributed by atoms with Gasteiger partial charge in [-0.05, 0) is 37.1 Å². The standard InChI is InChI=1S/C10H19N/c1-7(2)9-6-11-10-5-3-4-8(9)10/h7-11H,3-6H2,1-2H3. The van der Waals surface area contributed by atoms with Crippen molar-refractivity contribution in [1.82, 2.24) is 5.32 Å². The highest BCUT2D eigenvalue weighted by Crippen LogP contribution is 2.39. The van der Waals surface area contributed by atoms with E-state index in [1.54, 1.807) is 0 Å². The summed E-state index contributed by atoms with van der Waals surface area (Å²) in [6.45, 7) is 6.02. The van der Waals surface area contributed by atoms with Crippen molar-refractivity contribution in [1.29, 1.82) is 0 Å². The number of fused-ring (bicyclic) bond motifs is 1. The molecule has 3 unspecified atom stereocenters. The molecule has 1 saturated carbocycles. The van der Waals surface area contributed by atoms with Gasteiger partial charge in [0.05, 0.1) is 0 Å². The van der Waals surface area contributed by atoms with Crippen LogP contribution in [-0.4, -0.2) is 12.6 Å². The maximum Gasteiger partial charge on any atom is 0.00986 e. The van der Waals surface area contributed by atoms with Crippen molar-refractivity contribution >= 4 is 0 Å². The van der Waals surface area contributed by atoms with Crippen molar-refractivity contribution in [3.63, 3.8) is 0 Å². The maximum absolute atomic E-state index is 3.65. The van der Waals surface area contributed by atoms with Gasteiger partial charge in [0.2, 0.25) is 0 Å². The van der Waals surface area contributed by atoms with Crippen molar-refractivity contribution in [2.45, 2.75) is 39.2 Å². The summed E-state index contributed by atoms with van der Waals surface area (Å²) in [5.41, 5.74) is 0. The molecule has 1 saturated heterocycles. The van der Waals surface area contributed by atoms with E-state index in [2.05, 4.69) is 19.2 Å². The van der Waals surface area contributed by atoms with Crippen molar-refractivity contribution in [2.24, 2.45) is 17.8 Å². The van der Waals surface area contributed by atoms with E-state index < -0.39 is 0 Å². The molecule has 1 heterocycles. The summed E-state index contributed by atoms with van der Waals surface area (Å²) in [6.07, 6.45) is 4.39. The highest BCUT2D eigenvalue weighted by atomic mass is 15.0. The van der Waals surface area contributed by atoms with E-state index in [4.69, 9.17) is 0 Å². The van der Waals surface area contributed by atoms with Crippen LogP contribution < -0.4 is 5.32 Å². The third-order valence-electron chi connectivity index (χ3n) is 3.59. The van der Waals surface area contributed by atoms with E-state index in [1.165, 1.54) is 25.8 Å². The number of rotatable bonds is 1. The van der Waals surface area contributed by atoms with Crippen LogP contribution in [0.5, 0.6) is 0 Å². The predicted molar refractivity (Wildman–Crippen MR) is 47.5 cm³/mol. The molecule has 1 heteroatoms. The Balaban J connectivity index is 2.03. The molecule has 0 bridgehead atoms. The molecule has 0 aromatic heterocycles. The predicted octanol–water partition coefficient (Wildman–Crippen LogP) is 2.03. The Morgan fingerprint density at radius 3 is 2.82 bits per heavy atom. The molecule has 0 spiro atoms. The van der Waals surface area contributed by atoms with Crippen LogP contribution in [0.1, 0.15) is 33.1 Å². The Bertz CT molecular complexity index is 142. The summed E-state index contributed by atoms with van der Waals surface area (Å²) in [6, 6.07) is 0.891. The Hall–Kier alpha value is -0.0400. The molecule has 2 fully saturated rings. The van der Waals surface area contributed by atoms with Gasteiger partial charge in [-0.25, -0.2) is 0 Å². The van der Waals surface area contributed by atoms with Gasteiger partial charge in [-0.2, -0.15) is 0 Å². The third-order valence-corrected chi connectivity index (χ3v) is 3.59. The van der Waals surface area contributed by atoms with Crippen LogP contribution in [0.3, 0.4) is 0 Å². The largest absolute Gasteiger partial charge is 0.313 e. The highest BCUT2D eigenvalue weighted by molar-refractivity contribution is 4.95. The molecule has 1 aliphatic carbocycles. The minimum Gasteiger partial charge on any atom is -0.313 e. The average molecular weight is 153 g/mol. The highest BCUT2D eigenvalue weighted by Gasteiger charge is 2.39. The van der Waals surface area contributed by atoms with Crippen molar-refractivity contribution in [3.05, 3.63) is 0 Å². The molecule has 11 heavy (non-hydrogen) atoms. The minimum absolute atomic E-state index is 0.885. The summed E-state index contributed by atoms with van der Waals surface area (Å²) in [5, 5.41) is 3.65. The Kier molecular flexibility index (Phi) is 1.92. The second kappa shape index (κ2) is 2.78. The van der Waals surface area contributed by atoms with Gasteiger partial charge in [0.1, 0.15) is 0 Å². The summed E-state index contributed by atoms with van der Waals surface area (Å²) < 4.78 is 0. The summed E-state index contributed by atoms with van der Waals surface area (Å²) in [7, 11) is 0. The molecule has 3 atom stereocenters. The van der Waals surface area contributed by atoms with Gasteiger partial charge in [-0.1, -0.05) is 20.3 Å². The van der Waals surface area contributed by atoms with Crippen LogP contribution >= 0.6 is 0 Å². The maximum atomic E-state index is 3.65. The first kappa shape index (κ1) is 7.60. The molecule has 1 aliphatic heterocycles. The number of nitrogens with one attached hydrogen (secondary N) is 1. The number of hydrogen-bond acceptors (Lipinski definition) is 1. The van der Waals surface area contributed by atoms with Gasteiger partial charge in [0, 0.05) is 6.04 Å². The quantitative estimate of drug-likeness (QED) is 0.608. The van der Waals surface area contributed by atoms with Crippen LogP contribution in [0.25, 0.3) is 0 Å². The topological polar surface area (TPSA) is 12.0 Å². The first-order chi connectivity index (χ1) is 5.29. The number of hydrogen-bond donors (Lipinski definition) is 1. The lowest BCUT2D eigenvalue weighted by Crippen LogP contribution is -2.21. The monoisotopic (exact) mass is 153 g/mol. The van der Waals surface area contributed by atoms with Gasteiger partial charge >= 0.3 is 0 Å². The van der Waals surface area contributed by atoms with Crippen molar-refractivity contribution < 1.29 is 0 Å². The smallest absolute Gasteiger partial charge is 0.00986 e. The Morgan fingerprint density at radius 2 is 2.09 bits per heavy atom. The van der Waals surface area contributed by atoms with Crippen molar-refractivity contribution in [3.8, 4) is 0 Å². The van der Waals surface area contributed by atoms with Crippen LogP contribution in [-0.2, 0) is 0 Å². The molecule has 1 nitrogen and oxygen atoms in total. The SMILES string of the molecule is CC(C)C1CNC2CCCC21. The van der Waals surface area contributed by atoms with E-state index in [-0.39, 0.29) is 0 Å². The molecule has 0 amide bonds. The fraction of sp³-hybridized carbons (Fsp3) is 1.00. The van der Waals surface area contributed by atoms with E-state index in [0.717, 1.165) is 23.8 Å². The second-order valence-electron chi connectivity index (χ2n) is 4.52. The normalized spacial score (nSPS) is 43.4. The molecule has 0 radical (unpaired) electrons. The molecule has 1 N–H and O–H groups in total. The van der Waals surface area contributed by atoms with E-state index in [9.17, 15) is 0 Å².